The fourth-order valence-corrected chi connectivity index (χ4v) is 3.75. The molecule has 2 N–H and O–H groups in total. The van der Waals surface area contributed by atoms with Gasteiger partial charge in [-0.25, -0.2) is 0 Å². The molecule has 0 radical (unpaired) electrons. The summed E-state index contributed by atoms with van der Waals surface area (Å²) in [6, 6.07) is 0.368. The molecule has 0 aromatic heterocycles. The van der Waals surface area contributed by atoms with Gasteiger partial charge in [0.25, 0.3) is 0 Å². The summed E-state index contributed by atoms with van der Waals surface area (Å²) in [5.74, 6) is 2.99. The molecule has 2 atom stereocenters. The lowest BCUT2D eigenvalue weighted by Gasteiger charge is -2.23. The Morgan fingerprint density at radius 3 is 2.71 bits per heavy atom. The number of nitrogens with one attached hydrogen (secondary N) is 2. The first-order valence-electron chi connectivity index (χ1n) is 7.54. The minimum Gasteiger partial charge on any atom is -0.356 e. The summed E-state index contributed by atoms with van der Waals surface area (Å²) < 4.78 is 0. The summed E-state index contributed by atoms with van der Waals surface area (Å²) >= 11 is 1.94. The summed E-state index contributed by atoms with van der Waals surface area (Å²) in [6.07, 6.45) is 3.30. The first-order valence-corrected chi connectivity index (χ1v) is 8.69. The van der Waals surface area contributed by atoms with E-state index in [-0.39, 0.29) is 30.7 Å². The minimum atomic E-state index is 0. The lowest BCUT2D eigenvalue weighted by Crippen LogP contribution is -2.42. The molecule has 0 aromatic carbocycles. The van der Waals surface area contributed by atoms with Gasteiger partial charge in [-0.3, -0.25) is 4.79 Å². The van der Waals surface area contributed by atoms with Crippen LogP contribution in [0.25, 0.3) is 0 Å². The number of likely N-dealkylation sites (tertiary alicyclic amines) is 1. The Morgan fingerprint density at radius 2 is 2.10 bits per heavy atom. The van der Waals surface area contributed by atoms with Crippen LogP contribution in [0.15, 0.2) is 0 Å². The highest BCUT2D eigenvalue weighted by molar-refractivity contribution is 7.99. The van der Waals surface area contributed by atoms with E-state index in [2.05, 4.69) is 22.5 Å². The zero-order chi connectivity index (χ0) is 13.5. The van der Waals surface area contributed by atoms with E-state index >= 15 is 0 Å². The van der Waals surface area contributed by atoms with Crippen molar-refractivity contribution in [1.82, 2.24) is 15.5 Å². The van der Waals surface area contributed by atoms with Crippen LogP contribution >= 0.6 is 36.6 Å². The maximum absolute atomic E-state index is 11.9. The number of carbonyl (C=O) groups is 1. The number of halogens is 2. The van der Waals surface area contributed by atoms with E-state index in [9.17, 15) is 4.79 Å². The van der Waals surface area contributed by atoms with Gasteiger partial charge in [0.05, 0.1) is 0 Å². The van der Waals surface area contributed by atoms with Gasteiger partial charge in [0.15, 0.2) is 0 Å². The van der Waals surface area contributed by atoms with Gasteiger partial charge in [-0.2, -0.15) is 11.8 Å². The van der Waals surface area contributed by atoms with Crippen LogP contribution in [0.5, 0.6) is 0 Å². The molecule has 2 rings (SSSR count). The first kappa shape index (κ1) is 21.3. The number of amides is 1. The molecule has 0 saturated carbocycles. The molecule has 0 spiro atoms. The van der Waals surface area contributed by atoms with E-state index in [1.54, 1.807) is 0 Å². The predicted octanol–water partition coefficient (Wildman–Crippen LogP) is 1.77. The van der Waals surface area contributed by atoms with Crippen LogP contribution in [0.4, 0.5) is 0 Å². The SMILES string of the molecule is CC(CNC(=O)CC1CSCCN1)CN1CCCC1.Cl.Cl. The topological polar surface area (TPSA) is 44.4 Å². The second-order valence-electron chi connectivity index (χ2n) is 5.85. The van der Waals surface area contributed by atoms with Crippen LogP contribution in [0.3, 0.4) is 0 Å². The van der Waals surface area contributed by atoms with Crippen molar-refractivity contribution in [2.75, 3.05) is 44.2 Å². The molecule has 1 amide bonds. The second kappa shape index (κ2) is 11.8. The van der Waals surface area contributed by atoms with Crippen molar-refractivity contribution in [3.63, 3.8) is 0 Å². The zero-order valence-electron chi connectivity index (χ0n) is 12.8. The third kappa shape index (κ3) is 8.50. The molecule has 0 aromatic rings. The standard InChI is InChI=1S/C14H27N3OS.2ClH/c1-12(10-17-5-2-3-6-17)9-16-14(18)8-13-11-19-7-4-15-13;;/h12-13,15H,2-11H2,1H3,(H,16,18);2*1H. The van der Waals surface area contributed by atoms with Gasteiger partial charge in [-0.15, -0.1) is 24.8 Å². The summed E-state index contributed by atoms with van der Waals surface area (Å²) in [7, 11) is 0. The number of rotatable bonds is 6. The van der Waals surface area contributed by atoms with Gasteiger partial charge in [-0.1, -0.05) is 6.92 Å². The molecule has 7 heteroatoms. The van der Waals surface area contributed by atoms with Crippen molar-refractivity contribution in [3.8, 4) is 0 Å². The van der Waals surface area contributed by atoms with E-state index in [0.29, 0.717) is 18.4 Å². The molecule has 126 valence electrons. The van der Waals surface area contributed by atoms with Crippen molar-refractivity contribution in [3.05, 3.63) is 0 Å². The van der Waals surface area contributed by atoms with Crippen molar-refractivity contribution in [2.45, 2.75) is 32.2 Å². The first-order chi connectivity index (χ1) is 9.24. The highest BCUT2D eigenvalue weighted by Crippen LogP contribution is 2.11. The summed E-state index contributed by atoms with van der Waals surface area (Å²) in [5.41, 5.74) is 0. The second-order valence-corrected chi connectivity index (χ2v) is 7.00. The maximum Gasteiger partial charge on any atom is 0.221 e. The molecule has 2 aliphatic heterocycles. The van der Waals surface area contributed by atoms with Crippen molar-refractivity contribution >= 4 is 42.5 Å². The largest absolute Gasteiger partial charge is 0.356 e. The molecule has 2 fully saturated rings. The van der Waals surface area contributed by atoms with Crippen LogP contribution in [-0.4, -0.2) is 61.1 Å². The quantitative estimate of drug-likeness (QED) is 0.760. The number of carbonyl (C=O) groups excluding carboxylic acids is 1. The minimum absolute atomic E-state index is 0. The van der Waals surface area contributed by atoms with Gasteiger partial charge in [0.2, 0.25) is 5.91 Å². The van der Waals surface area contributed by atoms with Crippen LogP contribution < -0.4 is 10.6 Å². The molecule has 0 bridgehead atoms. The zero-order valence-corrected chi connectivity index (χ0v) is 15.3. The monoisotopic (exact) mass is 357 g/mol. The van der Waals surface area contributed by atoms with Gasteiger partial charge >= 0.3 is 0 Å². The van der Waals surface area contributed by atoms with Gasteiger partial charge in [-0.05, 0) is 31.8 Å². The van der Waals surface area contributed by atoms with Crippen molar-refractivity contribution < 1.29 is 4.79 Å². The van der Waals surface area contributed by atoms with Crippen LogP contribution in [0.2, 0.25) is 0 Å². The maximum atomic E-state index is 11.9. The molecule has 4 nitrogen and oxygen atoms in total. The fraction of sp³-hybridized carbons (Fsp3) is 0.929. The summed E-state index contributed by atoms with van der Waals surface area (Å²) in [5, 5.41) is 6.50. The molecule has 2 aliphatic rings. The Kier molecular flexibility index (Phi) is 12.0. The number of nitrogens with zero attached hydrogens (tertiary/aromatic N) is 1. The Hall–Kier alpha value is 0.320. The fourth-order valence-electron chi connectivity index (χ4n) is 2.81. The number of hydrogen-bond donors (Lipinski definition) is 2. The lowest BCUT2D eigenvalue weighted by molar-refractivity contribution is -0.121. The van der Waals surface area contributed by atoms with Crippen LogP contribution in [0.1, 0.15) is 26.2 Å². The van der Waals surface area contributed by atoms with Crippen LogP contribution in [-0.2, 0) is 4.79 Å². The summed E-state index contributed by atoms with van der Waals surface area (Å²) in [6.45, 7) is 7.68. The molecule has 0 aliphatic carbocycles. The normalized spacial score (nSPS) is 23.8. The smallest absolute Gasteiger partial charge is 0.221 e. The molecule has 2 heterocycles. The lowest BCUT2D eigenvalue weighted by atomic mass is 10.1. The highest BCUT2D eigenvalue weighted by atomic mass is 35.5. The molecular weight excluding hydrogens is 329 g/mol. The molecular formula is C14H29Cl2N3OS. The average Bonchev–Trinajstić information content (AvgIpc) is 2.90. The molecule has 2 unspecified atom stereocenters. The Labute approximate surface area is 145 Å². The molecule has 21 heavy (non-hydrogen) atoms. The molecule has 2 saturated heterocycles. The van der Waals surface area contributed by atoms with Crippen LogP contribution in [0, 0.1) is 5.92 Å². The predicted molar refractivity (Wildman–Crippen MR) is 96.1 cm³/mol. The van der Waals surface area contributed by atoms with Gasteiger partial charge < -0.3 is 15.5 Å². The van der Waals surface area contributed by atoms with E-state index in [4.69, 9.17) is 0 Å². The number of thioether (sulfide) groups is 1. The van der Waals surface area contributed by atoms with E-state index in [0.717, 1.165) is 25.4 Å². The number of hydrogen-bond acceptors (Lipinski definition) is 4. The van der Waals surface area contributed by atoms with Crippen molar-refractivity contribution in [1.29, 1.82) is 0 Å². The summed E-state index contributed by atoms with van der Waals surface area (Å²) in [4.78, 5) is 14.4. The van der Waals surface area contributed by atoms with Gasteiger partial charge in [0.1, 0.15) is 0 Å². The van der Waals surface area contributed by atoms with E-state index < -0.39 is 0 Å². The van der Waals surface area contributed by atoms with Crippen molar-refractivity contribution in [2.24, 2.45) is 5.92 Å². The Bertz CT molecular complexity index is 285. The third-order valence-corrected chi connectivity index (χ3v) is 4.98. The Balaban J connectivity index is 0.00000200. The van der Waals surface area contributed by atoms with Gasteiger partial charge in [0, 0.05) is 43.6 Å². The van der Waals surface area contributed by atoms with E-state index in [1.165, 1.54) is 31.7 Å². The highest BCUT2D eigenvalue weighted by Gasteiger charge is 2.18. The van der Waals surface area contributed by atoms with E-state index in [1.807, 2.05) is 11.8 Å². The Morgan fingerprint density at radius 1 is 1.38 bits per heavy atom. The third-order valence-electron chi connectivity index (χ3n) is 3.85. The average molecular weight is 358 g/mol.